The van der Waals surface area contributed by atoms with Gasteiger partial charge in [-0.15, -0.1) is 0 Å². The van der Waals surface area contributed by atoms with Gasteiger partial charge in [-0.3, -0.25) is 4.79 Å². The van der Waals surface area contributed by atoms with E-state index in [0.717, 1.165) is 11.3 Å². The second-order valence-electron chi connectivity index (χ2n) is 6.98. The van der Waals surface area contributed by atoms with E-state index in [1.54, 1.807) is 19.9 Å². The Labute approximate surface area is 161 Å². The third kappa shape index (κ3) is 2.87. The van der Waals surface area contributed by atoms with Crippen LogP contribution in [0.2, 0.25) is 0 Å². The fraction of sp³-hybridized carbons (Fsp3) is 0.182. The molecule has 0 bridgehead atoms. The van der Waals surface area contributed by atoms with Gasteiger partial charge in [0.25, 0.3) is 0 Å². The lowest BCUT2D eigenvalue weighted by Gasteiger charge is -2.17. The number of nitrogens with two attached hydrogens (primary N) is 1. The molecule has 0 fully saturated rings. The molecule has 2 aromatic heterocycles. The number of para-hydroxylation sites is 1. The first-order valence-electron chi connectivity index (χ1n) is 8.97. The van der Waals surface area contributed by atoms with Crippen LogP contribution < -0.4 is 11.2 Å². The second-order valence-corrected chi connectivity index (χ2v) is 6.98. The van der Waals surface area contributed by atoms with Crippen LogP contribution in [0.1, 0.15) is 22.7 Å². The maximum Gasteiger partial charge on any atom is 0.189 e. The maximum atomic E-state index is 14.9. The van der Waals surface area contributed by atoms with E-state index in [0.29, 0.717) is 45.7 Å². The molecule has 142 valence electrons. The SMILES string of the molecule is Cc1noc(C)c1-c1cc2c(cc1F)c(=O)cc(C)n2Cc1ccccc1N. The number of halogens is 1. The zero-order valence-electron chi connectivity index (χ0n) is 15.9. The number of anilines is 1. The number of benzene rings is 2. The van der Waals surface area contributed by atoms with Gasteiger partial charge in [0.1, 0.15) is 11.6 Å². The van der Waals surface area contributed by atoms with Crippen molar-refractivity contribution >= 4 is 16.6 Å². The lowest BCUT2D eigenvalue weighted by Crippen LogP contribution is -2.14. The molecule has 28 heavy (non-hydrogen) atoms. The summed E-state index contributed by atoms with van der Waals surface area (Å²) in [7, 11) is 0. The summed E-state index contributed by atoms with van der Waals surface area (Å²) >= 11 is 0. The minimum Gasteiger partial charge on any atom is -0.398 e. The summed E-state index contributed by atoms with van der Waals surface area (Å²) in [5.74, 6) is 0.0539. The Bertz CT molecular complexity index is 1250. The van der Waals surface area contributed by atoms with Crippen molar-refractivity contribution in [3.63, 3.8) is 0 Å². The summed E-state index contributed by atoms with van der Waals surface area (Å²) < 4.78 is 22.1. The molecule has 0 aliphatic heterocycles. The standard InChI is InChI=1S/C22H20FN3O2/c1-12-8-21(27)17-9-18(23)16(22-13(2)25-28-14(22)3)10-20(17)26(12)11-15-6-4-5-7-19(15)24/h4-10H,11,24H2,1-3H3. The average Bonchev–Trinajstić information content (AvgIpc) is 2.98. The number of nitrogens with zero attached hydrogens (tertiary/aromatic N) is 2. The summed E-state index contributed by atoms with van der Waals surface area (Å²) in [5.41, 5.74) is 10.5. The molecular weight excluding hydrogens is 357 g/mol. The Kier molecular flexibility index (Phi) is 4.26. The van der Waals surface area contributed by atoms with Crippen molar-refractivity contribution in [3.05, 3.63) is 81.2 Å². The number of aromatic nitrogens is 2. The number of fused-ring (bicyclic) bond motifs is 1. The molecule has 0 saturated heterocycles. The number of rotatable bonds is 3. The highest BCUT2D eigenvalue weighted by atomic mass is 19.1. The van der Waals surface area contributed by atoms with Gasteiger partial charge in [-0.1, -0.05) is 23.4 Å². The van der Waals surface area contributed by atoms with E-state index < -0.39 is 5.82 Å². The summed E-state index contributed by atoms with van der Waals surface area (Å²) in [6.07, 6.45) is 0. The van der Waals surface area contributed by atoms with Gasteiger partial charge in [0.15, 0.2) is 5.43 Å². The molecule has 0 saturated carbocycles. The predicted molar refractivity (Wildman–Crippen MR) is 108 cm³/mol. The molecule has 0 radical (unpaired) electrons. The van der Waals surface area contributed by atoms with Crippen LogP contribution in [0.4, 0.5) is 10.1 Å². The van der Waals surface area contributed by atoms with Crippen LogP contribution in [0.3, 0.4) is 0 Å². The second kappa shape index (κ2) is 6.64. The molecule has 4 rings (SSSR count). The van der Waals surface area contributed by atoms with Crippen molar-refractivity contribution in [2.75, 3.05) is 5.73 Å². The zero-order chi connectivity index (χ0) is 20.0. The highest BCUT2D eigenvalue weighted by Crippen LogP contribution is 2.32. The molecule has 0 aliphatic carbocycles. The smallest absolute Gasteiger partial charge is 0.189 e. The Hall–Kier alpha value is -3.41. The van der Waals surface area contributed by atoms with Crippen LogP contribution in [-0.2, 0) is 6.54 Å². The third-order valence-corrected chi connectivity index (χ3v) is 5.09. The predicted octanol–water partition coefficient (Wildman–Crippen LogP) is 4.35. The molecule has 5 nitrogen and oxygen atoms in total. The van der Waals surface area contributed by atoms with Crippen LogP contribution in [0.25, 0.3) is 22.0 Å². The largest absolute Gasteiger partial charge is 0.398 e. The Morgan fingerprint density at radius 2 is 1.89 bits per heavy atom. The molecule has 4 aromatic rings. The minimum atomic E-state index is -0.478. The molecule has 2 aromatic carbocycles. The highest BCUT2D eigenvalue weighted by Gasteiger charge is 2.19. The lowest BCUT2D eigenvalue weighted by atomic mass is 10.0. The van der Waals surface area contributed by atoms with Crippen molar-refractivity contribution in [2.24, 2.45) is 0 Å². The van der Waals surface area contributed by atoms with Crippen molar-refractivity contribution in [2.45, 2.75) is 27.3 Å². The average molecular weight is 377 g/mol. The van der Waals surface area contributed by atoms with E-state index >= 15 is 0 Å². The zero-order valence-corrected chi connectivity index (χ0v) is 15.9. The van der Waals surface area contributed by atoms with Crippen molar-refractivity contribution in [3.8, 4) is 11.1 Å². The van der Waals surface area contributed by atoms with Gasteiger partial charge >= 0.3 is 0 Å². The number of hydrogen-bond donors (Lipinski definition) is 1. The van der Waals surface area contributed by atoms with Crippen LogP contribution >= 0.6 is 0 Å². The summed E-state index contributed by atoms with van der Waals surface area (Å²) in [4.78, 5) is 12.5. The Morgan fingerprint density at radius 3 is 2.57 bits per heavy atom. The van der Waals surface area contributed by atoms with Crippen LogP contribution in [0.5, 0.6) is 0 Å². The summed E-state index contributed by atoms with van der Waals surface area (Å²) in [6, 6.07) is 12.1. The van der Waals surface area contributed by atoms with E-state index in [4.69, 9.17) is 10.3 Å². The quantitative estimate of drug-likeness (QED) is 0.539. The first-order chi connectivity index (χ1) is 13.4. The lowest BCUT2D eigenvalue weighted by molar-refractivity contribution is 0.393. The van der Waals surface area contributed by atoms with Crippen LogP contribution in [-0.4, -0.2) is 9.72 Å². The van der Waals surface area contributed by atoms with Crippen molar-refractivity contribution < 1.29 is 8.91 Å². The van der Waals surface area contributed by atoms with Gasteiger partial charge in [0.2, 0.25) is 0 Å². The van der Waals surface area contributed by atoms with E-state index in [-0.39, 0.29) is 5.43 Å². The van der Waals surface area contributed by atoms with E-state index in [1.165, 1.54) is 12.1 Å². The molecule has 0 spiro atoms. The Balaban J connectivity index is 2.01. The Morgan fingerprint density at radius 1 is 1.14 bits per heavy atom. The normalized spacial score (nSPS) is 11.3. The highest BCUT2D eigenvalue weighted by molar-refractivity contribution is 5.86. The topological polar surface area (TPSA) is 74.0 Å². The number of aryl methyl sites for hydroxylation is 3. The van der Waals surface area contributed by atoms with E-state index in [2.05, 4.69) is 5.16 Å². The minimum absolute atomic E-state index is 0.214. The first-order valence-corrected chi connectivity index (χ1v) is 8.97. The fourth-order valence-corrected chi connectivity index (χ4v) is 3.64. The van der Waals surface area contributed by atoms with Gasteiger partial charge in [-0.2, -0.15) is 0 Å². The number of nitrogen functional groups attached to an aromatic ring is 1. The number of pyridine rings is 1. The maximum absolute atomic E-state index is 14.9. The molecule has 0 aliphatic rings. The number of hydrogen-bond acceptors (Lipinski definition) is 4. The van der Waals surface area contributed by atoms with Crippen molar-refractivity contribution in [1.29, 1.82) is 0 Å². The molecular formula is C22H20FN3O2. The molecule has 2 N–H and O–H groups in total. The first kappa shape index (κ1) is 18.0. The molecule has 0 atom stereocenters. The summed E-state index contributed by atoms with van der Waals surface area (Å²) in [6.45, 7) is 5.84. The molecule has 6 heteroatoms. The molecule has 0 unspecified atom stereocenters. The summed E-state index contributed by atoms with van der Waals surface area (Å²) in [5, 5.41) is 4.25. The van der Waals surface area contributed by atoms with Gasteiger partial charge < -0.3 is 14.8 Å². The van der Waals surface area contributed by atoms with Gasteiger partial charge in [0.05, 0.1) is 16.8 Å². The van der Waals surface area contributed by atoms with E-state index in [1.807, 2.05) is 35.8 Å². The molecule has 2 heterocycles. The molecule has 0 amide bonds. The van der Waals surface area contributed by atoms with E-state index in [9.17, 15) is 9.18 Å². The van der Waals surface area contributed by atoms with Gasteiger partial charge in [-0.05, 0) is 44.5 Å². The third-order valence-electron chi connectivity index (χ3n) is 5.09. The van der Waals surface area contributed by atoms with Crippen molar-refractivity contribution in [1.82, 2.24) is 9.72 Å². The van der Waals surface area contributed by atoms with Crippen LogP contribution in [0.15, 0.2) is 51.8 Å². The fourth-order valence-electron chi connectivity index (χ4n) is 3.64. The monoisotopic (exact) mass is 377 g/mol. The van der Waals surface area contributed by atoms with Crippen LogP contribution in [0, 0.1) is 26.6 Å². The van der Waals surface area contributed by atoms with Gasteiger partial charge in [-0.25, -0.2) is 4.39 Å². The van der Waals surface area contributed by atoms with Gasteiger partial charge in [0, 0.05) is 34.9 Å².